The van der Waals surface area contributed by atoms with Gasteiger partial charge in [-0.2, -0.15) is 0 Å². The van der Waals surface area contributed by atoms with Crippen molar-refractivity contribution < 1.29 is 14.8 Å². The number of nitrogens with zero attached hydrogens (tertiary/aromatic N) is 2. The summed E-state index contributed by atoms with van der Waals surface area (Å²) >= 11 is 0. The van der Waals surface area contributed by atoms with Crippen molar-refractivity contribution in [1.82, 2.24) is 4.90 Å². The van der Waals surface area contributed by atoms with E-state index in [0.717, 1.165) is 0 Å². The van der Waals surface area contributed by atoms with E-state index < -0.39 is 4.92 Å². The van der Waals surface area contributed by atoms with Gasteiger partial charge >= 0.3 is 0 Å². The number of carbonyl (C=O) groups excluding carboxylic acids is 1. The van der Waals surface area contributed by atoms with Gasteiger partial charge in [0.05, 0.1) is 4.92 Å². The molecule has 0 aliphatic rings. The number of hydrogen-bond donors (Lipinski definition) is 2. The summed E-state index contributed by atoms with van der Waals surface area (Å²) in [5, 5.41) is 22.7. The topological polar surface area (TPSA) is 95.7 Å². The zero-order valence-corrected chi connectivity index (χ0v) is 11.6. The second kappa shape index (κ2) is 7.44. The van der Waals surface area contributed by atoms with Crippen LogP contribution in [0.4, 0.5) is 11.4 Å². The lowest BCUT2D eigenvalue weighted by Crippen LogP contribution is -2.21. The van der Waals surface area contributed by atoms with Crippen molar-refractivity contribution in [2.24, 2.45) is 0 Å². The molecule has 0 saturated carbocycles. The van der Waals surface area contributed by atoms with E-state index in [-0.39, 0.29) is 23.8 Å². The normalized spacial score (nSPS) is 10.2. The molecule has 7 nitrogen and oxygen atoms in total. The number of carbonyl (C=O) groups is 1. The van der Waals surface area contributed by atoms with Crippen molar-refractivity contribution in [3.8, 4) is 0 Å². The molecule has 0 aliphatic carbocycles. The third-order valence-corrected chi connectivity index (χ3v) is 2.75. The average molecular weight is 281 g/mol. The molecular weight excluding hydrogens is 262 g/mol. The van der Waals surface area contributed by atoms with E-state index in [1.807, 2.05) is 0 Å². The lowest BCUT2D eigenvalue weighted by molar-refractivity contribution is -0.384. The van der Waals surface area contributed by atoms with Crippen LogP contribution in [-0.2, 0) is 0 Å². The van der Waals surface area contributed by atoms with Crippen LogP contribution in [0, 0.1) is 10.1 Å². The number of hydrogen-bond acceptors (Lipinski definition) is 5. The quantitative estimate of drug-likeness (QED) is 0.448. The Bertz CT molecular complexity index is 489. The number of amides is 1. The van der Waals surface area contributed by atoms with Gasteiger partial charge in [-0.25, -0.2) is 0 Å². The Labute approximate surface area is 117 Å². The molecule has 0 bridgehead atoms. The van der Waals surface area contributed by atoms with Crippen LogP contribution in [-0.4, -0.2) is 48.1 Å². The molecule has 0 saturated heterocycles. The molecule has 110 valence electrons. The van der Waals surface area contributed by atoms with Crippen LogP contribution in [0.1, 0.15) is 23.2 Å². The third-order valence-electron chi connectivity index (χ3n) is 2.75. The van der Waals surface area contributed by atoms with Crippen molar-refractivity contribution in [2.75, 3.05) is 32.6 Å². The first-order valence-electron chi connectivity index (χ1n) is 6.32. The Balaban J connectivity index is 2.91. The molecule has 1 aromatic carbocycles. The van der Waals surface area contributed by atoms with Gasteiger partial charge < -0.3 is 15.3 Å². The first kappa shape index (κ1) is 15.9. The summed E-state index contributed by atoms with van der Waals surface area (Å²) < 4.78 is 0. The Morgan fingerprint density at radius 1 is 1.40 bits per heavy atom. The highest BCUT2D eigenvalue weighted by atomic mass is 16.6. The molecule has 0 aromatic heterocycles. The highest BCUT2D eigenvalue weighted by Crippen LogP contribution is 2.26. The highest BCUT2D eigenvalue weighted by molar-refractivity contribution is 5.95. The largest absolute Gasteiger partial charge is 0.396 e. The number of nitro benzene ring substituents is 1. The van der Waals surface area contributed by atoms with Crippen LogP contribution in [0.15, 0.2) is 18.2 Å². The first-order chi connectivity index (χ1) is 9.47. The zero-order valence-electron chi connectivity index (χ0n) is 11.6. The van der Waals surface area contributed by atoms with Gasteiger partial charge in [0.15, 0.2) is 0 Å². The molecule has 0 radical (unpaired) electrons. The molecular formula is C13H19N3O4. The highest BCUT2D eigenvalue weighted by Gasteiger charge is 2.18. The first-order valence-corrected chi connectivity index (χ1v) is 6.32. The fraction of sp³-hybridized carbons (Fsp3) is 0.462. The summed E-state index contributed by atoms with van der Waals surface area (Å²) in [6.45, 7) is 0.627. The Morgan fingerprint density at radius 3 is 2.65 bits per heavy atom. The van der Waals surface area contributed by atoms with Crippen LogP contribution < -0.4 is 5.32 Å². The maximum atomic E-state index is 11.8. The average Bonchev–Trinajstić information content (AvgIpc) is 2.42. The Kier molecular flexibility index (Phi) is 5.92. The number of unbranched alkanes of at least 4 members (excludes halogenated alkanes) is 1. The van der Waals surface area contributed by atoms with Gasteiger partial charge in [-0.1, -0.05) is 0 Å². The summed E-state index contributed by atoms with van der Waals surface area (Å²) in [7, 11) is 3.18. The molecule has 0 unspecified atom stereocenters. The minimum Gasteiger partial charge on any atom is -0.396 e. The van der Waals surface area contributed by atoms with Crippen LogP contribution in [0.25, 0.3) is 0 Å². The van der Waals surface area contributed by atoms with E-state index >= 15 is 0 Å². The Hall–Kier alpha value is -2.15. The van der Waals surface area contributed by atoms with Gasteiger partial charge in [0.2, 0.25) is 0 Å². The fourth-order valence-electron chi connectivity index (χ4n) is 1.68. The van der Waals surface area contributed by atoms with Gasteiger partial charge in [-0.3, -0.25) is 14.9 Å². The fourth-order valence-corrected chi connectivity index (χ4v) is 1.68. The number of nitro groups is 1. The van der Waals surface area contributed by atoms with E-state index in [0.29, 0.717) is 25.1 Å². The molecule has 2 N–H and O–H groups in total. The maximum absolute atomic E-state index is 11.8. The monoisotopic (exact) mass is 281 g/mol. The van der Waals surface area contributed by atoms with E-state index in [4.69, 9.17) is 5.11 Å². The smallest absolute Gasteiger partial charge is 0.293 e. The standard InChI is InChI=1S/C13H19N3O4/c1-15(2)13(18)10-5-6-11(12(9-10)16(19)20)14-7-3-4-8-17/h5-6,9,14,17H,3-4,7-8H2,1-2H3. The van der Waals surface area contributed by atoms with Crippen molar-refractivity contribution in [3.63, 3.8) is 0 Å². The van der Waals surface area contributed by atoms with Gasteiger partial charge in [-0.15, -0.1) is 0 Å². The number of aliphatic hydroxyl groups is 1. The summed E-state index contributed by atoms with van der Waals surface area (Å²) in [6.07, 6.45) is 1.35. The molecule has 1 rings (SSSR count). The molecule has 1 aromatic rings. The Morgan fingerprint density at radius 2 is 2.10 bits per heavy atom. The lowest BCUT2D eigenvalue weighted by Gasteiger charge is -2.12. The van der Waals surface area contributed by atoms with Gasteiger partial charge in [-0.05, 0) is 25.0 Å². The zero-order chi connectivity index (χ0) is 15.1. The summed E-state index contributed by atoms with van der Waals surface area (Å²) in [5.74, 6) is -0.278. The van der Waals surface area contributed by atoms with Crippen LogP contribution in [0.2, 0.25) is 0 Å². The van der Waals surface area contributed by atoms with E-state index in [1.165, 1.54) is 17.0 Å². The van der Waals surface area contributed by atoms with Gasteiger partial charge in [0, 0.05) is 38.9 Å². The van der Waals surface area contributed by atoms with Crippen molar-refractivity contribution in [1.29, 1.82) is 0 Å². The SMILES string of the molecule is CN(C)C(=O)c1ccc(NCCCCO)c([N+](=O)[O-])c1. The minimum atomic E-state index is -0.513. The molecule has 0 spiro atoms. The lowest BCUT2D eigenvalue weighted by atomic mass is 10.1. The summed E-state index contributed by atoms with van der Waals surface area (Å²) in [6, 6.07) is 4.37. The van der Waals surface area contributed by atoms with Crippen molar-refractivity contribution in [3.05, 3.63) is 33.9 Å². The number of rotatable bonds is 7. The van der Waals surface area contributed by atoms with E-state index in [2.05, 4.69) is 5.32 Å². The third kappa shape index (κ3) is 4.20. The summed E-state index contributed by atoms with van der Waals surface area (Å²) in [5.41, 5.74) is 0.535. The maximum Gasteiger partial charge on any atom is 0.293 e. The summed E-state index contributed by atoms with van der Waals surface area (Å²) in [4.78, 5) is 23.7. The second-order valence-corrected chi connectivity index (χ2v) is 4.55. The van der Waals surface area contributed by atoms with Crippen LogP contribution in [0.5, 0.6) is 0 Å². The number of aliphatic hydroxyl groups excluding tert-OH is 1. The number of benzene rings is 1. The molecule has 1 amide bonds. The van der Waals surface area contributed by atoms with Gasteiger partial charge in [0.25, 0.3) is 11.6 Å². The minimum absolute atomic E-state index is 0.0973. The molecule has 0 fully saturated rings. The van der Waals surface area contributed by atoms with E-state index in [1.54, 1.807) is 20.2 Å². The van der Waals surface area contributed by atoms with Crippen molar-refractivity contribution in [2.45, 2.75) is 12.8 Å². The molecule has 20 heavy (non-hydrogen) atoms. The van der Waals surface area contributed by atoms with Crippen LogP contribution >= 0.6 is 0 Å². The molecule has 0 heterocycles. The second-order valence-electron chi connectivity index (χ2n) is 4.55. The molecule has 7 heteroatoms. The van der Waals surface area contributed by atoms with Crippen molar-refractivity contribution >= 4 is 17.3 Å². The number of nitrogens with one attached hydrogen (secondary N) is 1. The van der Waals surface area contributed by atoms with Crippen LogP contribution in [0.3, 0.4) is 0 Å². The van der Waals surface area contributed by atoms with E-state index in [9.17, 15) is 14.9 Å². The van der Waals surface area contributed by atoms with Gasteiger partial charge in [0.1, 0.15) is 5.69 Å². The molecule has 0 aliphatic heterocycles. The predicted octanol–water partition coefficient (Wildman–Crippen LogP) is 1.48. The molecule has 0 atom stereocenters. The number of anilines is 1. The predicted molar refractivity (Wildman–Crippen MR) is 75.9 cm³/mol.